The number of carboxylic acids is 1. The smallest absolute Gasteiger partial charge is 0.433 e. The van der Waals surface area contributed by atoms with Crippen LogP contribution in [0.25, 0.3) is 0 Å². The van der Waals surface area contributed by atoms with E-state index in [9.17, 15) is 53.0 Å². The van der Waals surface area contributed by atoms with Gasteiger partial charge in [-0.1, -0.05) is 12.1 Å². The van der Waals surface area contributed by atoms with Crippen molar-refractivity contribution in [1.29, 1.82) is 0 Å². The lowest BCUT2D eigenvalue weighted by atomic mass is 10.0. The van der Waals surface area contributed by atoms with Gasteiger partial charge < -0.3 is 53.2 Å². The van der Waals surface area contributed by atoms with Crippen LogP contribution in [0.1, 0.15) is 45.1 Å². The van der Waals surface area contributed by atoms with Crippen molar-refractivity contribution < 1.29 is 58.1 Å². The van der Waals surface area contributed by atoms with Crippen LogP contribution >= 0.6 is 7.75 Å². The van der Waals surface area contributed by atoms with E-state index in [1.165, 1.54) is 24.3 Å². The van der Waals surface area contributed by atoms with Crippen LogP contribution in [0.15, 0.2) is 24.3 Å². The Morgan fingerprint density at radius 3 is 1.82 bits per heavy atom. The highest BCUT2D eigenvalue weighted by atomic mass is 31.2. The minimum absolute atomic E-state index is 0.124. The summed E-state index contributed by atoms with van der Waals surface area (Å²) in [4.78, 5) is 107. The number of phenols is 1. The lowest BCUT2D eigenvalue weighted by Gasteiger charge is -2.34. The Hall–Kier alpha value is -4.58. The Morgan fingerprint density at radius 2 is 1.33 bits per heavy atom. The second-order valence-electron chi connectivity index (χ2n) is 10.1. The van der Waals surface area contributed by atoms with Gasteiger partial charge in [0.15, 0.2) is 0 Å². The second kappa shape index (κ2) is 17.0. The first kappa shape index (κ1) is 38.4. The summed E-state index contributed by atoms with van der Waals surface area (Å²) < 4.78 is 12.7. The number of benzene rings is 1. The molecule has 0 aliphatic rings. The van der Waals surface area contributed by atoms with Crippen LogP contribution in [0.3, 0.4) is 0 Å². The highest BCUT2D eigenvalue weighted by Gasteiger charge is 2.44. The summed E-state index contributed by atoms with van der Waals surface area (Å²) in [7, 11) is -5.75. The van der Waals surface area contributed by atoms with Crippen LogP contribution in [0.2, 0.25) is 0 Å². The topological polar surface area (TPSA) is 335 Å². The molecule has 0 radical (unpaired) electrons. The second-order valence-corrected chi connectivity index (χ2v) is 11.5. The summed E-state index contributed by atoms with van der Waals surface area (Å²) in [6.45, 7) is 2.29. The molecule has 5 atom stereocenters. The van der Waals surface area contributed by atoms with Crippen molar-refractivity contribution in [2.75, 3.05) is 0 Å². The van der Waals surface area contributed by atoms with Gasteiger partial charge in [-0.3, -0.25) is 33.6 Å². The van der Waals surface area contributed by atoms with Crippen molar-refractivity contribution in [2.24, 2.45) is 17.2 Å². The number of nitrogens with two attached hydrogens (primary N) is 3. The van der Waals surface area contributed by atoms with Crippen LogP contribution in [-0.2, 0) is 44.5 Å². The monoisotopic (exact) mass is 659 g/mol. The van der Waals surface area contributed by atoms with Crippen molar-refractivity contribution in [3.63, 3.8) is 0 Å². The number of carboxylic acid groups (broad SMARTS) is 1. The van der Waals surface area contributed by atoms with E-state index in [1.54, 1.807) is 0 Å². The van der Waals surface area contributed by atoms with Crippen molar-refractivity contribution in [1.82, 2.24) is 20.6 Å². The average Bonchev–Trinajstić information content (AvgIpc) is 2.93. The van der Waals surface area contributed by atoms with Crippen LogP contribution < -0.4 is 33.2 Å². The minimum Gasteiger partial charge on any atom is -0.508 e. The molecule has 0 unspecified atom stereocenters. The first-order valence-electron chi connectivity index (χ1n) is 13.4. The predicted octanol–water partition coefficient (Wildman–Crippen LogP) is -3.34. The number of phenolic OH excluding ortho intramolecular Hbond substituents is 1. The number of aliphatic carboxylic acids is 1. The van der Waals surface area contributed by atoms with Gasteiger partial charge in [-0.15, -0.1) is 0 Å². The number of aromatic hydroxyl groups is 1. The zero-order valence-electron chi connectivity index (χ0n) is 24.4. The molecule has 0 aliphatic heterocycles. The van der Waals surface area contributed by atoms with Crippen LogP contribution in [-0.4, -0.2) is 96.3 Å². The molecule has 0 bridgehead atoms. The van der Waals surface area contributed by atoms with Gasteiger partial charge >= 0.3 is 13.7 Å². The van der Waals surface area contributed by atoms with Gasteiger partial charge in [-0.05, 0) is 44.4 Å². The maximum atomic E-state index is 13.7. The number of primary amides is 2. The van der Waals surface area contributed by atoms with Gasteiger partial charge in [0.2, 0.25) is 29.5 Å². The molecule has 0 saturated heterocycles. The highest BCUT2D eigenvalue weighted by Crippen LogP contribution is 2.43. The molecule has 1 aromatic rings. The third-order valence-electron chi connectivity index (χ3n) is 6.28. The van der Waals surface area contributed by atoms with Gasteiger partial charge in [0.25, 0.3) is 5.91 Å². The minimum atomic E-state index is -5.75. The predicted molar refractivity (Wildman–Crippen MR) is 154 cm³/mol. The number of amides is 6. The molecule has 0 saturated carbocycles. The Kier molecular flexibility index (Phi) is 14.6. The molecule has 13 N–H and O–H groups in total. The van der Waals surface area contributed by atoms with E-state index >= 15 is 0 Å². The summed E-state index contributed by atoms with van der Waals surface area (Å²) in [5.41, 5.74) is 16.1. The highest BCUT2D eigenvalue weighted by molar-refractivity contribution is 7.50. The Bertz CT molecular complexity index is 1320. The van der Waals surface area contributed by atoms with Crippen molar-refractivity contribution in [3.05, 3.63) is 29.8 Å². The molecule has 250 valence electrons. The molecule has 0 spiro atoms. The molecule has 6 amide bonds. The molecule has 19 nitrogen and oxygen atoms in total. The third-order valence-corrected chi connectivity index (χ3v) is 7.32. The molecule has 1 aromatic carbocycles. The van der Waals surface area contributed by atoms with Gasteiger partial charge in [0.1, 0.15) is 29.9 Å². The molecule has 45 heavy (non-hydrogen) atoms. The zero-order chi connectivity index (χ0) is 34.6. The van der Waals surface area contributed by atoms with Crippen LogP contribution in [0, 0.1) is 0 Å². The lowest BCUT2D eigenvalue weighted by Crippen LogP contribution is -2.58. The maximum Gasteiger partial charge on any atom is 0.433 e. The van der Waals surface area contributed by atoms with Gasteiger partial charge in [0.05, 0.1) is 6.04 Å². The van der Waals surface area contributed by atoms with Crippen molar-refractivity contribution in [3.8, 4) is 5.75 Å². The summed E-state index contributed by atoms with van der Waals surface area (Å²) in [6, 6.07) is -3.23. The largest absolute Gasteiger partial charge is 0.508 e. The number of rotatable bonds is 18. The summed E-state index contributed by atoms with van der Waals surface area (Å²) in [6.07, 6.45) is -2.31. The number of nitrogens with zero attached hydrogens (tertiary/aromatic N) is 1. The van der Waals surface area contributed by atoms with E-state index in [2.05, 4.69) is 16.0 Å². The normalized spacial score (nSPS) is 14.5. The first-order chi connectivity index (χ1) is 20.7. The third kappa shape index (κ3) is 12.9. The SMILES string of the molecule is C[C@H](NC(=O)[C@H](C)NC(=O)[C@H](Cc1ccc(O)cc1)N(C(=O)[C@H](CCC(N)=O)NC(=O)[C@@H](N)CCC(N)=O)P(=O)(O)O)C(=O)O. The molecule has 1 rings (SSSR count). The molecule has 0 heterocycles. The van der Waals surface area contributed by atoms with E-state index in [4.69, 9.17) is 22.3 Å². The van der Waals surface area contributed by atoms with Gasteiger partial charge in [-0.2, -0.15) is 0 Å². The van der Waals surface area contributed by atoms with Crippen molar-refractivity contribution in [2.45, 2.75) is 76.2 Å². The Morgan fingerprint density at radius 1 is 0.822 bits per heavy atom. The number of nitrogens with one attached hydrogen (secondary N) is 3. The molecular formula is C25H38N7O12P. The Balaban J connectivity index is 3.55. The summed E-state index contributed by atoms with van der Waals surface area (Å²) in [5.74, 6) is -8.15. The fraction of sp³-hybridized carbons (Fsp3) is 0.480. The Labute approximate surface area is 257 Å². The van der Waals surface area contributed by atoms with E-state index in [0.29, 0.717) is 0 Å². The van der Waals surface area contributed by atoms with E-state index < -0.39 is 98.6 Å². The number of carbonyl (C=O) groups excluding carboxylic acids is 6. The van der Waals surface area contributed by atoms with Crippen LogP contribution in [0.4, 0.5) is 0 Å². The van der Waals surface area contributed by atoms with Crippen LogP contribution in [0.5, 0.6) is 5.75 Å². The summed E-state index contributed by atoms with van der Waals surface area (Å²) in [5, 5.41) is 25.1. The summed E-state index contributed by atoms with van der Waals surface area (Å²) >= 11 is 0. The molecule has 20 heteroatoms. The number of hydrogen-bond acceptors (Lipinski definition) is 10. The van der Waals surface area contributed by atoms with Crippen molar-refractivity contribution >= 4 is 49.2 Å². The molecule has 0 aliphatic carbocycles. The standard InChI is InChI=1S/C25H38N7O12P/c1-12(21(36)30-13(2)25(40)41)29-23(38)18(11-14-3-5-15(33)6-4-14)32(45(42,43)44)24(39)17(8-10-20(28)35)31-22(37)16(26)7-9-19(27)34/h3-6,12-13,16-18,33H,7-11,26H2,1-2H3,(H2,27,34)(H2,28,35)(H,29,38)(H,30,36)(H,31,37)(H,40,41)(H2,42,43,44)/t12-,13-,16-,17-,18-/m0/s1. The quantitative estimate of drug-likeness (QED) is 0.0690. The fourth-order valence-electron chi connectivity index (χ4n) is 3.80. The van der Waals surface area contributed by atoms with E-state index in [0.717, 1.165) is 13.8 Å². The van der Waals surface area contributed by atoms with Gasteiger partial charge in [0, 0.05) is 19.3 Å². The van der Waals surface area contributed by atoms with E-state index in [1.807, 2.05) is 0 Å². The van der Waals surface area contributed by atoms with Gasteiger partial charge in [-0.25, -0.2) is 9.24 Å². The molecular weight excluding hydrogens is 621 g/mol. The molecule has 0 aromatic heterocycles. The first-order valence-corrected chi connectivity index (χ1v) is 14.9. The number of carbonyl (C=O) groups is 7. The molecule has 0 fully saturated rings. The average molecular weight is 660 g/mol. The fourth-order valence-corrected chi connectivity index (χ4v) is 4.74. The lowest BCUT2D eigenvalue weighted by molar-refractivity contribution is -0.142. The maximum absolute atomic E-state index is 13.7. The van der Waals surface area contributed by atoms with E-state index in [-0.39, 0.29) is 28.8 Å². The number of hydrogen-bond donors (Lipinski definition) is 10. The zero-order valence-corrected chi connectivity index (χ0v) is 25.3.